The van der Waals surface area contributed by atoms with Crippen LogP contribution in [0.5, 0.6) is 0 Å². The van der Waals surface area contributed by atoms with Crippen LogP contribution < -0.4 is 5.32 Å². The molecule has 0 bridgehead atoms. The first-order chi connectivity index (χ1) is 16.1. The van der Waals surface area contributed by atoms with Gasteiger partial charge in [-0.1, -0.05) is 13.8 Å². The third kappa shape index (κ3) is 5.15. The SMILES string of the molecule is CCN(CC)S(=O)(=O)N1CCN(CC(=O)Nc2c(C#N)c(C)c(C)n2-c2ccc(F)cc2)CC1. The summed E-state index contributed by atoms with van der Waals surface area (Å²) >= 11 is 0. The van der Waals surface area contributed by atoms with E-state index >= 15 is 0 Å². The van der Waals surface area contributed by atoms with Gasteiger partial charge < -0.3 is 5.32 Å². The second kappa shape index (κ2) is 10.7. The maximum absolute atomic E-state index is 13.4. The molecule has 0 saturated carbocycles. The highest BCUT2D eigenvalue weighted by molar-refractivity contribution is 7.86. The Morgan fingerprint density at radius 3 is 2.24 bits per heavy atom. The number of hydrogen-bond donors (Lipinski definition) is 1. The van der Waals surface area contributed by atoms with Crippen molar-refractivity contribution >= 4 is 21.9 Å². The minimum atomic E-state index is -3.50. The molecule has 0 spiro atoms. The smallest absolute Gasteiger partial charge is 0.282 e. The lowest BCUT2D eigenvalue weighted by atomic mass is 10.2. The molecule has 1 aliphatic heterocycles. The van der Waals surface area contributed by atoms with E-state index in [0.29, 0.717) is 56.3 Å². The van der Waals surface area contributed by atoms with Crippen LogP contribution in [-0.4, -0.2) is 78.2 Å². The number of aromatic nitrogens is 1. The third-order valence-electron chi connectivity index (χ3n) is 6.22. The van der Waals surface area contributed by atoms with Crippen molar-refractivity contribution in [1.29, 1.82) is 5.26 Å². The fourth-order valence-electron chi connectivity index (χ4n) is 4.18. The van der Waals surface area contributed by atoms with Crippen LogP contribution in [0.4, 0.5) is 10.2 Å². The first kappa shape index (κ1) is 25.8. The van der Waals surface area contributed by atoms with E-state index in [1.807, 2.05) is 25.7 Å². The van der Waals surface area contributed by atoms with E-state index in [2.05, 4.69) is 11.4 Å². The maximum Gasteiger partial charge on any atom is 0.282 e. The number of nitriles is 1. The first-order valence-electron chi connectivity index (χ1n) is 11.3. The number of benzene rings is 1. The van der Waals surface area contributed by atoms with Crippen molar-refractivity contribution in [2.75, 3.05) is 51.1 Å². The summed E-state index contributed by atoms with van der Waals surface area (Å²) in [5.74, 6) is -0.340. The van der Waals surface area contributed by atoms with Crippen LogP contribution in [-0.2, 0) is 15.0 Å². The molecule has 34 heavy (non-hydrogen) atoms. The van der Waals surface area contributed by atoms with Gasteiger partial charge in [-0.3, -0.25) is 14.3 Å². The lowest BCUT2D eigenvalue weighted by Crippen LogP contribution is -2.54. The zero-order valence-corrected chi connectivity index (χ0v) is 20.8. The molecule has 1 amide bonds. The summed E-state index contributed by atoms with van der Waals surface area (Å²) in [5, 5.41) is 12.6. The predicted octanol–water partition coefficient (Wildman–Crippen LogP) is 2.25. The number of piperazine rings is 1. The molecule has 11 heteroatoms. The molecule has 1 N–H and O–H groups in total. The van der Waals surface area contributed by atoms with Crippen molar-refractivity contribution in [2.45, 2.75) is 27.7 Å². The second-order valence-electron chi connectivity index (χ2n) is 8.17. The van der Waals surface area contributed by atoms with Gasteiger partial charge in [0.2, 0.25) is 5.91 Å². The van der Waals surface area contributed by atoms with E-state index in [1.165, 1.54) is 20.7 Å². The summed E-state index contributed by atoms with van der Waals surface area (Å²) in [6.45, 7) is 9.61. The van der Waals surface area contributed by atoms with Gasteiger partial charge in [-0.05, 0) is 43.7 Å². The third-order valence-corrected chi connectivity index (χ3v) is 8.41. The molecule has 184 valence electrons. The van der Waals surface area contributed by atoms with Crippen molar-refractivity contribution in [3.05, 3.63) is 46.9 Å². The van der Waals surface area contributed by atoms with Gasteiger partial charge in [-0.15, -0.1) is 0 Å². The molecule has 1 fully saturated rings. The lowest BCUT2D eigenvalue weighted by molar-refractivity contribution is -0.117. The van der Waals surface area contributed by atoms with Gasteiger partial charge in [0.1, 0.15) is 17.7 Å². The van der Waals surface area contributed by atoms with Crippen LogP contribution in [0.3, 0.4) is 0 Å². The van der Waals surface area contributed by atoms with Gasteiger partial charge in [-0.25, -0.2) is 4.39 Å². The quantitative estimate of drug-likeness (QED) is 0.612. The van der Waals surface area contributed by atoms with E-state index in [4.69, 9.17) is 0 Å². The Morgan fingerprint density at radius 2 is 1.71 bits per heavy atom. The van der Waals surface area contributed by atoms with E-state index in [0.717, 1.165) is 11.3 Å². The van der Waals surface area contributed by atoms with Crippen molar-refractivity contribution in [3.63, 3.8) is 0 Å². The highest BCUT2D eigenvalue weighted by Gasteiger charge is 2.31. The number of anilines is 1. The number of hydrogen-bond acceptors (Lipinski definition) is 5. The lowest BCUT2D eigenvalue weighted by Gasteiger charge is -2.35. The predicted molar refractivity (Wildman–Crippen MR) is 128 cm³/mol. The van der Waals surface area contributed by atoms with Crippen LogP contribution in [0.1, 0.15) is 30.7 Å². The van der Waals surface area contributed by atoms with Crippen LogP contribution in [0.15, 0.2) is 24.3 Å². The van der Waals surface area contributed by atoms with Crippen LogP contribution in [0.2, 0.25) is 0 Å². The largest absolute Gasteiger partial charge is 0.310 e. The van der Waals surface area contributed by atoms with Crippen LogP contribution in [0.25, 0.3) is 5.69 Å². The summed E-state index contributed by atoms with van der Waals surface area (Å²) in [6, 6.07) is 7.99. The van der Waals surface area contributed by atoms with Crippen molar-refractivity contribution in [2.24, 2.45) is 0 Å². The molecule has 9 nitrogen and oxygen atoms in total. The number of amides is 1. The maximum atomic E-state index is 13.4. The molecule has 1 aliphatic rings. The average molecular weight is 491 g/mol. The normalized spacial score (nSPS) is 15.4. The van der Waals surface area contributed by atoms with E-state index in [9.17, 15) is 22.9 Å². The standard InChI is InChI=1S/C23H31FN6O3S/c1-5-28(6-2)34(32,33)29-13-11-27(12-14-29)16-22(31)26-23-21(15-25)17(3)18(4)30(23)20-9-7-19(24)8-10-20/h7-10H,5-6,11-14,16H2,1-4H3,(H,26,31). The molecule has 3 rings (SSSR count). The van der Waals surface area contributed by atoms with Gasteiger partial charge in [-0.2, -0.15) is 22.3 Å². The Bertz CT molecular complexity index is 1170. The molecule has 0 atom stereocenters. The van der Waals surface area contributed by atoms with Gasteiger partial charge in [0, 0.05) is 50.6 Å². The number of nitrogens with zero attached hydrogens (tertiary/aromatic N) is 5. The monoisotopic (exact) mass is 490 g/mol. The number of halogens is 1. The number of rotatable bonds is 8. The van der Waals surface area contributed by atoms with Crippen LogP contribution >= 0.6 is 0 Å². The van der Waals surface area contributed by atoms with Gasteiger partial charge >= 0.3 is 0 Å². The van der Waals surface area contributed by atoms with Crippen molar-refractivity contribution in [1.82, 2.24) is 18.1 Å². The molecule has 1 aromatic heterocycles. The van der Waals surface area contributed by atoms with Gasteiger partial charge in [0.25, 0.3) is 10.2 Å². The van der Waals surface area contributed by atoms with E-state index in [1.54, 1.807) is 23.6 Å². The zero-order chi connectivity index (χ0) is 25.0. The van der Waals surface area contributed by atoms with Crippen LogP contribution in [0, 0.1) is 31.0 Å². The fourth-order valence-corrected chi connectivity index (χ4v) is 5.78. The van der Waals surface area contributed by atoms with Gasteiger partial charge in [0.15, 0.2) is 0 Å². The molecular formula is C23H31FN6O3S. The molecular weight excluding hydrogens is 459 g/mol. The fraction of sp³-hybridized carbons (Fsp3) is 0.478. The molecule has 1 saturated heterocycles. The number of carbonyl (C=O) groups is 1. The molecule has 0 aliphatic carbocycles. The highest BCUT2D eigenvalue weighted by atomic mass is 32.2. The summed E-state index contributed by atoms with van der Waals surface area (Å²) < 4.78 is 43.5. The van der Waals surface area contributed by atoms with E-state index in [-0.39, 0.29) is 18.3 Å². The van der Waals surface area contributed by atoms with Crippen molar-refractivity contribution in [3.8, 4) is 11.8 Å². The molecule has 2 heterocycles. The average Bonchev–Trinajstić information content (AvgIpc) is 3.04. The minimum absolute atomic E-state index is 0.0662. The Kier molecular flexibility index (Phi) is 8.09. The van der Waals surface area contributed by atoms with E-state index < -0.39 is 10.2 Å². The molecule has 1 aromatic carbocycles. The molecule has 2 aromatic rings. The Hall–Kier alpha value is -2.78. The highest BCUT2D eigenvalue weighted by Crippen LogP contribution is 2.30. The Labute approximate surface area is 200 Å². The van der Waals surface area contributed by atoms with Gasteiger partial charge in [0.05, 0.1) is 12.1 Å². The Balaban J connectivity index is 1.72. The first-order valence-corrected chi connectivity index (χ1v) is 12.7. The number of carbonyl (C=O) groups excluding carboxylic acids is 1. The summed E-state index contributed by atoms with van der Waals surface area (Å²) in [5.41, 5.74) is 2.49. The topological polar surface area (TPSA) is 102 Å². The summed E-state index contributed by atoms with van der Waals surface area (Å²) in [6.07, 6.45) is 0. The Morgan fingerprint density at radius 1 is 1.12 bits per heavy atom. The second-order valence-corrected chi connectivity index (χ2v) is 10.1. The van der Waals surface area contributed by atoms with Crippen molar-refractivity contribution < 1.29 is 17.6 Å². The summed E-state index contributed by atoms with van der Waals surface area (Å²) in [4.78, 5) is 14.8. The molecule has 0 radical (unpaired) electrons. The summed E-state index contributed by atoms with van der Waals surface area (Å²) in [7, 11) is -3.50. The zero-order valence-electron chi connectivity index (χ0n) is 20.0. The molecule has 0 unspecified atom stereocenters. The number of nitrogens with one attached hydrogen (secondary N) is 1. The minimum Gasteiger partial charge on any atom is -0.310 e.